The van der Waals surface area contributed by atoms with Crippen molar-refractivity contribution in [2.75, 3.05) is 4.90 Å². The topological polar surface area (TPSA) is 3.24 Å². The van der Waals surface area contributed by atoms with Crippen LogP contribution in [-0.4, -0.2) is 0 Å². The molecular formula is C55H37NS. The second kappa shape index (κ2) is 13.6. The molecule has 10 aromatic rings. The first-order valence-electron chi connectivity index (χ1n) is 19.6. The van der Waals surface area contributed by atoms with E-state index in [1.165, 1.54) is 81.5 Å². The second-order valence-corrected chi connectivity index (χ2v) is 15.9. The van der Waals surface area contributed by atoms with Gasteiger partial charge in [0.2, 0.25) is 0 Å². The van der Waals surface area contributed by atoms with Crippen LogP contribution in [0.15, 0.2) is 224 Å². The van der Waals surface area contributed by atoms with Gasteiger partial charge in [-0.25, -0.2) is 0 Å². The van der Waals surface area contributed by atoms with Gasteiger partial charge < -0.3 is 4.90 Å². The van der Waals surface area contributed by atoms with Crippen molar-refractivity contribution in [1.82, 2.24) is 0 Å². The summed E-state index contributed by atoms with van der Waals surface area (Å²) in [5.74, 6) is 0. The Bertz CT molecular complexity index is 3060. The molecule has 0 fully saturated rings. The molecule has 1 aliphatic carbocycles. The fourth-order valence-corrected chi connectivity index (χ4v) is 10.5. The zero-order valence-corrected chi connectivity index (χ0v) is 32.0. The standard InChI is InChI=1S/C55H37NS/c1-4-17-38(18-5-1)40-33-35-44(36-34-40)56(51-31-15-27-46-45-25-11-13-32-52(45)57-54(46)51)50-30-16-29-49-53(50)47-26-10-12-28-48(47)55(49,42-22-8-3-9-23-42)43-24-14-21-41(37-43)39-19-6-2-7-20-39/h1-37H. The average Bonchev–Trinajstić information content (AvgIpc) is 3.83. The highest BCUT2D eigenvalue weighted by Crippen LogP contribution is 2.60. The van der Waals surface area contributed by atoms with Crippen LogP contribution in [0.25, 0.3) is 53.6 Å². The molecule has 1 nitrogen and oxygen atoms in total. The van der Waals surface area contributed by atoms with Crippen LogP contribution in [0, 0.1) is 0 Å². The number of rotatable bonds is 7. The number of thiophene rings is 1. The lowest BCUT2D eigenvalue weighted by atomic mass is 9.67. The van der Waals surface area contributed by atoms with E-state index in [0.717, 1.165) is 11.4 Å². The lowest BCUT2D eigenvalue weighted by Crippen LogP contribution is -2.28. The van der Waals surface area contributed by atoms with Crippen LogP contribution in [0.5, 0.6) is 0 Å². The molecule has 0 amide bonds. The van der Waals surface area contributed by atoms with Crippen LogP contribution < -0.4 is 4.90 Å². The molecule has 1 aliphatic rings. The minimum atomic E-state index is -0.555. The summed E-state index contributed by atoms with van der Waals surface area (Å²) < 4.78 is 2.57. The molecule has 1 aromatic heterocycles. The van der Waals surface area contributed by atoms with Crippen LogP contribution in [0.4, 0.5) is 17.1 Å². The van der Waals surface area contributed by atoms with Crippen molar-refractivity contribution in [2.45, 2.75) is 5.41 Å². The summed E-state index contributed by atoms with van der Waals surface area (Å²) in [4.78, 5) is 2.52. The first kappa shape index (κ1) is 33.3. The molecule has 0 saturated heterocycles. The van der Waals surface area contributed by atoms with Crippen molar-refractivity contribution in [3.63, 3.8) is 0 Å². The minimum Gasteiger partial charge on any atom is -0.308 e. The molecule has 0 N–H and O–H groups in total. The van der Waals surface area contributed by atoms with Gasteiger partial charge in [0.15, 0.2) is 0 Å². The highest BCUT2D eigenvalue weighted by molar-refractivity contribution is 7.26. The van der Waals surface area contributed by atoms with Crippen molar-refractivity contribution < 1.29 is 0 Å². The molecule has 0 aliphatic heterocycles. The largest absolute Gasteiger partial charge is 0.308 e. The monoisotopic (exact) mass is 743 g/mol. The molecule has 57 heavy (non-hydrogen) atoms. The SMILES string of the molecule is c1ccc(-c2ccc(N(c3cccc4c3-c3ccccc3C4(c3ccccc3)c3cccc(-c4ccccc4)c3)c3cccc4c3sc3ccccc34)cc2)cc1. The molecule has 9 aromatic carbocycles. The molecule has 1 heterocycles. The number of nitrogens with zero attached hydrogens (tertiary/aromatic N) is 1. The molecule has 1 unspecified atom stereocenters. The molecule has 0 radical (unpaired) electrons. The average molecular weight is 744 g/mol. The molecule has 0 saturated carbocycles. The van der Waals surface area contributed by atoms with Crippen LogP contribution in [0.2, 0.25) is 0 Å². The van der Waals surface area contributed by atoms with Gasteiger partial charge in [0.05, 0.1) is 21.5 Å². The lowest BCUT2D eigenvalue weighted by Gasteiger charge is -2.35. The third-order valence-corrected chi connectivity index (χ3v) is 13.0. The Morgan fingerprint density at radius 2 is 0.912 bits per heavy atom. The molecule has 1 atom stereocenters. The quantitative estimate of drug-likeness (QED) is 0.157. The Hall–Kier alpha value is -7.00. The van der Waals surface area contributed by atoms with Crippen molar-refractivity contribution in [3.8, 4) is 33.4 Å². The van der Waals surface area contributed by atoms with E-state index in [0.29, 0.717) is 0 Å². The zero-order chi connectivity index (χ0) is 37.8. The number of hydrogen-bond donors (Lipinski definition) is 0. The predicted molar refractivity (Wildman–Crippen MR) is 242 cm³/mol. The number of fused-ring (bicyclic) bond motifs is 6. The molecule has 11 rings (SSSR count). The van der Waals surface area contributed by atoms with E-state index in [4.69, 9.17) is 0 Å². The fraction of sp³-hybridized carbons (Fsp3) is 0.0182. The van der Waals surface area contributed by atoms with Crippen molar-refractivity contribution >= 4 is 48.6 Å². The van der Waals surface area contributed by atoms with E-state index >= 15 is 0 Å². The van der Waals surface area contributed by atoms with E-state index < -0.39 is 5.41 Å². The van der Waals surface area contributed by atoms with Gasteiger partial charge >= 0.3 is 0 Å². The fourth-order valence-electron chi connectivity index (χ4n) is 9.28. The van der Waals surface area contributed by atoms with Gasteiger partial charge in [0, 0.05) is 26.7 Å². The Morgan fingerprint density at radius 3 is 1.70 bits per heavy atom. The smallest absolute Gasteiger partial charge is 0.0714 e. The van der Waals surface area contributed by atoms with Gasteiger partial charge in [-0.3, -0.25) is 0 Å². The first-order valence-corrected chi connectivity index (χ1v) is 20.4. The lowest BCUT2D eigenvalue weighted by molar-refractivity contribution is 0.769. The maximum atomic E-state index is 2.52. The van der Waals surface area contributed by atoms with Gasteiger partial charge in [-0.05, 0) is 86.5 Å². The molecule has 0 bridgehead atoms. The van der Waals surface area contributed by atoms with E-state index in [2.05, 4.69) is 229 Å². The molecule has 0 spiro atoms. The van der Waals surface area contributed by atoms with Crippen molar-refractivity contribution in [2.24, 2.45) is 0 Å². The van der Waals surface area contributed by atoms with E-state index in [1.54, 1.807) is 0 Å². The summed E-state index contributed by atoms with van der Waals surface area (Å²) in [7, 11) is 0. The number of anilines is 3. The molecular weight excluding hydrogens is 707 g/mol. The van der Waals surface area contributed by atoms with Crippen LogP contribution in [-0.2, 0) is 5.41 Å². The van der Waals surface area contributed by atoms with Gasteiger partial charge in [-0.2, -0.15) is 0 Å². The Labute approximate surface area is 337 Å². The Morgan fingerprint density at radius 1 is 0.368 bits per heavy atom. The normalized spacial score (nSPS) is 14.4. The summed E-state index contributed by atoms with van der Waals surface area (Å²) in [6, 6.07) is 82.5. The van der Waals surface area contributed by atoms with Crippen LogP contribution in [0.1, 0.15) is 22.3 Å². The summed E-state index contributed by atoms with van der Waals surface area (Å²) in [5, 5.41) is 2.58. The van der Waals surface area contributed by atoms with E-state index in [1.807, 2.05) is 11.3 Å². The van der Waals surface area contributed by atoms with Gasteiger partial charge in [-0.15, -0.1) is 11.3 Å². The van der Waals surface area contributed by atoms with E-state index in [-0.39, 0.29) is 0 Å². The van der Waals surface area contributed by atoms with Gasteiger partial charge in [-0.1, -0.05) is 188 Å². The maximum Gasteiger partial charge on any atom is 0.0714 e. The van der Waals surface area contributed by atoms with Crippen molar-refractivity contribution in [3.05, 3.63) is 247 Å². The highest BCUT2D eigenvalue weighted by atomic mass is 32.1. The van der Waals surface area contributed by atoms with E-state index in [9.17, 15) is 0 Å². The third kappa shape index (κ3) is 5.29. The third-order valence-electron chi connectivity index (χ3n) is 11.8. The van der Waals surface area contributed by atoms with Gasteiger partial charge in [0.25, 0.3) is 0 Å². The number of benzene rings is 9. The summed E-state index contributed by atoms with van der Waals surface area (Å²) in [6.07, 6.45) is 0. The highest BCUT2D eigenvalue weighted by Gasteiger charge is 2.47. The Kier molecular flexibility index (Phi) is 7.98. The van der Waals surface area contributed by atoms with Crippen LogP contribution in [0.3, 0.4) is 0 Å². The molecule has 268 valence electrons. The van der Waals surface area contributed by atoms with Gasteiger partial charge in [0.1, 0.15) is 0 Å². The number of hydrogen-bond acceptors (Lipinski definition) is 2. The Balaban J connectivity index is 1.21. The summed E-state index contributed by atoms with van der Waals surface area (Å²) in [5.41, 5.74) is 15.3. The second-order valence-electron chi connectivity index (χ2n) is 14.8. The molecule has 2 heteroatoms. The summed E-state index contributed by atoms with van der Waals surface area (Å²) >= 11 is 1.88. The van der Waals surface area contributed by atoms with Crippen LogP contribution >= 0.6 is 11.3 Å². The predicted octanol–water partition coefficient (Wildman–Crippen LogP) is 15.2. The first-order chi connectivity index (χ1) is 28.3. The zero-order valence-electron chi connectivity index (χ0n) is 31.2. The van der Waals surface area contributed by atoms with Crippen molar-refractivity contribution in [1.29, 1.82) is 0 Å². The minimum absolute atomic E-state index is 0.555. The summed E-state index contributed by atoms with van der Waals surface area (Å²) in [6.45, 7) is 0. The maximum absolute atomic E-state index is 2.52.